The minimum atomic E-state index is -3.53. The smallest absolute Gasteiger partial charge is 0.238 e. The number of nitrogens with zero attached hydrogens (tertiary/aromatic N) is 2. The molecule has 5 aromatic rings. The highest BCUT2D eigenvalue weighted by Crippen LogP contribution is 2.31. The molecule has 272 valence electrons. The Kier molecular flexibility index (Phi) is 15.2. The lowest BCUT2D eigenvalue weighted by Crippen LogP contribution is -2.21. The first-order valence-electron chi connectivity index (χ1n) is 17.7. The monoisotopic (exact) mass is 753 g/mol. The molecule has 0 aromatic heterocycles. The molecule has 52 heavy (non-hydrogen) atoms. The molecule has 0 bridgehead atoms. The second kappa shape index (κ2) is 19.5. The van der Waals surface area contributed by atoms with Crippen LogP contribution < -0.4 is 14.9 Å². The Balaban J connectivity index is 0.000000470. The number of allylic oxidation sites excluding steroid dienone is 2. The van der Waals surface area contributed by atoms with Gasteiger partial charge in [0.25, 0.3) is 0 Å². The van der Waals surface area contributed by atoms with Gasteiger partial charge in [-0.15, -0.1) is 0 Å². The Bertz CT molecular complexity index is 1920. The van der Waals surface area contributed by atoms with E-state index in [0.29, 0.717) is 5.56 Å². The highest BCUT2D eigenvalue weighted by Gasteiger charge is 2.11. The number of aryl methyl sites for hydroxylation is 1. The molecule has 8 heteroatoms. The van der Waals surface area contributed by atoms with Crippen LogP contribution in [0.15, 0.2) is 138 Å². The fourth-order valence-electron chi connectivity index (χ4n) is 6.12. The molecule has 5 nitrogen and oxygen atoms in total. The summed E-state index contributed by atoms with van der Waals surface area (Å²) < 4.78 is 21.7. The average Bonchev–Trinajstić information content (AvgIpc) is 3.15. The van der Waals surface area contributed by atoms with E-state index in [4.69, 9.17) is 28.3 Å². The summed E-state index contributed by atoms with van der Waals surface area (Å²) in [5.74, 6) is 0. The minimum Gasteiger partial charge on any atom is -0.372 e. The van der Waals surface area contributed by atoms with Crippen molar-refractivity contribution in [3.05, 3.63) is 171 Å². The van der Waals surface area contributed by atoms with Crippen LogP contribution >= 0.6 is 23.2 Å². The van der Waals surface area contributed by atoms with E-state index in [2.05, 4.69) is 122 Å². The zero-order chi connectivity index (χ0) is 37.7. The normalized spacial score (nSPS) is 11.8. The SMILES string of the molecule is CCN(CC)c1ccc(C(=CCC=C(c2ccc(Cl)cc2)c2ccc(N(CC)CC)cc2)c2ccc(Cl)cc2)cc1.Cc1ccccc1S(N)(=O)=O. The van der Waals surface area contributed by atoms with Gasteiger partial charge in [-0.05, 0) is 135 Å². The van der Waals surface area contributed by atoms with Crippen molar-refractivity contribution in [2.45, 2.75) is 45.9 Å². The predicted octanol–water partition coefficient (Wildman–Crippen LogP) is 11.3. The fraction of sp³-hybridized carbons (Fsp3) is 0.227. The quantitative estimate of drug-likeness (QED) is 0.130. The number of hydrogen-bond donors (Lipinski definition) is 1. The summed E-state index contributed by atoms with van der Waals surface area (Å²) in [5, 5.41) is 6.41. The third-order valence-electron chi connectivity index (χ3n) is 8.97. The summed E-state index contributed by atoms with van der Waals surface area (Å²) in [6.45, 7) is 14.4. The van der Waals surface area contributed by atoms with Gasteiger partial charge in [0.1, 0.15) is 0 Å². The lowest BCUT2D eigenvalue weighted by molar-refractivity contribution is 0.597. The molecule has 0 aliphatic carbocycles. The van der Waals surface area contributed by atoms with Gasteiger partial charge in [0.15, 0.2) is 0 Å². The molecule has 0 saturated heterocycles. The van der Waals surface area contributed by atoms with E-state index in [1.54, 1.807) is 25.1 Å². The molecule has 0 aliphatic heterocycles. The lowest BCUT2D eigenvalue weighted by Gasteiger charge is -2.21. The van der Waals surface area contributed by atoms with Crippen LogP contribution in [0.4, 0.5) is 11.4 Å². The van der Waals surface area contributed by atoms with Crippen molar-refractivity contribution in [3.63, 3.8) is 0 Å². The number of sulfonamides is 1. The second-order valence-electron chi connectivity index (χ2n) is 12.2. The van der Waals surface area contributed by atoms with Crippen molar-refractivity contribution < 1.29 is 8.42 Å². The van der Waals surface area contributed by atoms with E-state index in [1.165, 1.54) is 39.7 Å². The van der Waals surface area contributed by atoms with Crippen LogP contribution in [-0.4, -0.2) is 34.6 Å². The zero-order valence-corrected chi connectivity index (χ0v) is 33.0. The van der Waals surface area contributed by atoms with Crippen LogP contribution in [0.5, 0.6) is 0 Å². The van der Waals surface area contributed by atoms with E-state index in [-0.39, 0.29) is 4.90 Å². The second-order valence-corrected chi connectivity index (χ2v) is 14.6. The molecule has 0 aliphatic rings. The van der Waals surface area contributed by atoms with Crippen LogP contribution in [0.1, 0.15) is 61.9 Å². The summed E-state index contributed by atoms with van der Waals surface area (Å²) >= 11 is 12.5. The Hall–Kier alpha value is -4.33. The van der Waals surface area contributed by atoms with Gasteiger partial charge in [0, 0.05) is 47.6 Å². The van der Waals surface area contributed by atoms with Crippen molar-refractivity contribution in [1.29, 1.82) is 0 Å². The number of benzene rings is 5. The molecular weight excluding hydrogens is 705 g/mol. The molecule has 5 aromatic carbocycles. The first-order chi connectivity index (χ1) is 25.0. The highest BCUT2D eigenvalue weighted by molar-refractivity contribution is 7.89. The van der Waals surface area contributed by atoms with E-state index < -0.39 is 10.0 Å². The van der Waals surface area contributed by atoms with Crippen molar-refractivity contribution in [1.82, 2.24) is 0 Å². The molecule has 0 saturated carbocycles. The maximum atomic E-state index is 10.8. The molecule has 5 rings (SSSR count). The van der Waals surface area contributed by atoms with Crippen molar-refractivity contribution >= 4 is 55.7 Å². The van der Waals surface area contributed by atoms with Gasteiger partial charge in [0.2, 0.25) is 10.0 Å². The third-order valence-corrected chi connectivity index (χ3v) is 10.5. The Labute approximate surface area is 321 Å². The van der Waals surface area contributed by atoms with Gasteiger partial charge >= 0.3 is 0 Å². The van der Waals surface area contributed by atoms with Crippen molar-refractivity contribution in [2.75, 3.05) is 36.0 Å². The number of hydrogen-bond acceptors (Lipinski definition) is 4. The number of primary sulfonamides is 1. The van der Waals surface area contributed by atoms with Gasteiger partial charge in [-0.1, -0.05) is 102 Å². The highest BCUT2D eigenvalue weighted by atomic mass is 35.5. The standard InChI is InChI=1S/C37H40Cl2N2.C7H9NO2S/c1-5-40(6-2)34-24-16-30(17-25-34)36(28-12-20-32(38)21-13-28)10-9-11-37(29-14-22-33(39)23-15-29)31-18-26-35(27-19-31)41(7-3)8-4;1-6-4-2-3-5-7(6)11(8,9)10/h10-27H,5-9H2,1-4H3;2-5H,1H3,(H2,8,9,10). The molecule has 0 fully saturated rings. The average molecular weight is 755 g/mol. The van der Waals surface area contributed by atoms with Gasteiger partial charge in [-0.25, -0.2) is 13.6 Å². The molecule has 0 unspecified atom stereocenters. The molecular formula is C44H49Cl2N3O2S. The molecule has 0 amide bonds. The van der Waals surface area contributed by atoms with Crippen LogP contribution in [0.2, 0.25) is 10.0 Å². The van der Waals surface area contributed by atoms with Gasteiger partial charge in [-0.3, -0.25) is 0 Å². The minimum absolute atomic E-state index is 0.194. The Morgan fingerprint density at radius 1 is 0.558 bits per heavy atom. The van der Waals surface area contributed by atoms with Crippen LogP contribution in [0, 0.1) is 6.92 Å². The summed E-state index contributed by atoms with van der Waals surface area (Å²) in [6, 6.07) is 40.6. The van der Waals surface area contributed by atoms with Crippen molar-refractivity contribution in [2.24, 2.45) is 5.14 Å². The zero-order valence-electron chi connectivity index (χ0n) is 30.7. The van der Waals surface area contributed by atoms with E-state index in [9.17, 15) is 8.42 Å². The molecule has 0 atom stereocenters. The van der Waals surface area contributed by atoms with Gasteiger partial charge in [-0.2, -0.15) is 0 Å². The Morgan fingerprint density at radius 3 is 1.17 bits per heavy atom. The van der Waals surface area contributed by atoms with Crippen LogP contribution in [0.3, 0.4) is 0 Å². The Morgan fingerprint density at radius 2 is 0.885 bits per heavy atom. The van der Waals surface area contributed by atoms with Gasteiger partial charge in [0.05, 0.1) is 4.90 Å². The fourth-order valence-corrected chi connectivity index (χ4v) is 7.15. The number of anilines is 2. The maximum Gasteiger partial charge on any atom is 0.238 e. The van der Waals surface area contributed by atoms with Crippen LogP contribution in [-0.2, 0) is 10.0 Å². The lowest BCUT2D eigenvalue weighted by atomic mass is 9.94. The molecule has 0 radical (unpaired) electrons. The number of nitrogens with two attached hydrogens (primary N) is 1. The summed E-state index contributed by atoms with van der Waals surface area (Å²) in [5.41, 5.74) is 10.2. The predicted molar refractivity (Wildman–Crippen MR) is 224 cm³/mol. The third kappa shape index (κ3) is 11.1. The number of rotatable bonds is 13. The largest absolute Gasteiger partial charge is 0.372 e. The van der Waals surface area contributed by atoms with Crippen molar-refractivity contribution in [3.8, 4) is 0 Å². The van der Waals surface area contributed by atoms with Crippen LogP contribution in [0.25, 0.3) is 11.1 Å². The number of halogens is 2. The molecule has 2 N–H and O–H groups in total. The molecule has 0 spiro atoms. The topological polar surface area (TPSA) is 66.6 Å². The summed E-state index contributed by atoms with van der Waals surface area (Å²) in [7, 11) is -3.53. The molecule has 0 heterocycles. The van der Waals surface area contributed by atoms with E-state index in [0.717, 1.165) is 53.8 Å². The first-order valence-corrected chi connectivity index (χ1v) is 20.0. The van der Waals surface area contributed by atoms with Gasteiger partial charge < -0.3 is 9.80 Å². The first kappa shape index (κ1) is 40.4. The van der Waals surface area contributed by atoms with E-state index in [1.807, 2.05) is 24.3 Å². The summed E-state index contributed by atoms with van der Waals surface area (Å²) in [4.78, 5) is 4.92. The summed E-state index contributed by atoms with van der Waals surface area (Å²) in [6.07, 6.45) is 5.40. The maximum absolute atomic E-state index is 10.8. The van der Waals surface area contributed by atoms with E-state index >= 15 is 0 Å².